The van der Waals surface area contributed by atoms with Crippen molar-refractivity contribution < 1.29 is 23.8 Å². The molecule has 1 aliphatic rings. The lowest BCUT2D eigenvalue weighted by molar-refractivity contribution is -0.147. The first kappa shape index (κ1) is 17.4. The Morgan fingerprint density at radius 3 is 3.00 bits per heavy atom. The molecule has 1 unspecified atom stereocenters. The summed E-state index contributed by atoms with van der Waals surface area (Å²) in [5.74, 6) is -0.230. The van der Waals surface area contributed by atoms with Gasteiger partial charge in [0.25, 0.3) is 5.91 Å². The molecular weight excluding hydrogens is 344 g/mol. The van der Waals surface area contributed by atoms with Crippen molar-refractivity contribution in [2.45, 2.75) is 13.0 Å². The molecule has 2 heterocycles. The molecule has 1 amide bonds. The highest BCUT2D eigenvalue weighted by atomic mass is 32.1. The van der Waals surface area contributed by atoms with E-state index in [1.807, 2.05) is 11.4 Å². The number of benzene rings is 1. The van der Waals surface area contributed by atoms with E-state index in [1.54, 1.807) is 24.6 Å². The number of hydrogen-bond donors (Lipinski definition) is 0. The minimum absolute atomic E-state index is 0.112. The molecule has 1 atom stereocenters. The molecule has 0 radical (unpaired) electrons. The number of nitrogens with zero attached hydrogens (tertiary/aromatic N) is 2. The zero-order valence-corrected chi connectivity index (χ0v) is 14.7. The maximum Gasteiger partial charge on any atom is 0.329 e. The number of esters is 1. The Labute approximate surface area is 149 Å². The molecule has 0 N–H and O–H groups in total. The topological polar surface area (TPSA) is 78.0 Å². The standard InChI is InChI=1S/C17H18N2O5S/c1-11(17(21)23-6-5-22-2)19-14-7-12(13-9-25-10-18-13)3-4-15(14)24-8-16(19)20/h3-4,7,9-11H,5-6,8H2,1-2H3. The summed E-state index contributed by atoms with van der Waals surface area (Å²) in [5, 5.41) is 1.92. The van der Waals surface area contributed by atoms with Crippen LogP contribution in [0.25, 0.3) is 11.3 Å². The lowest BCUT2D eigenvalue weighted by Crippen LogP contribution is -2.48. The fourth-order valence-corrected chi connectivity index (χ4v) is 3.12. The number of ether oxygens (including phenoxy) is 3. The Bertz CT molecular complexity index is 762. The van der Waals surface area contributed by atoms with Crippen LogP contribution in [0.1, 0.15) is 6.92 Å². The van der Waals surface area contributed by atoms with Gasteiger partial charge in [-0.1, -0.05) is 0 Å². The predicted molar refractivity (Wildman–Crippen MR) is 92.8 cm³/mol. The molecule has 1 aromatic carbocycles. The van der Waals surface area contributed by atoms with Gasteiger partial charge >= 0.3 is 5.97 Å². The highest BCUT2D eigenvalue weighted by Gasteiger charge is 2.34. The molecule has 2 aromatic rings. The van der Waals surface area contributed by atoms with E-state index >= 15 is 0 Å². The van der Waals surface area contributed by atoms with Gasteiger partial charge in [0.05, 0.1) is 23.5 Å². The largest absolute Gasteiger partial charge is 0.482 e. The number of hydrogen-bond acceptors (Lipinski definition) is 7. The maximum absolute atomic E-state index is 12.4. The Morgan fingerprint density at radius 1 is 1.44 bits per heavy atom. The highest BCUT2D eigenvalue weighted by molar-refractivity contribution is 7.07. The van der Waals surface area contributed by atoms with Gasteiger partial charge in [0.15, 0.2) is 6.61 Å². The van der Waals surface area contributed by atoms with E-state index in [2.05, 4.69) is 4.98 Å². The van der Waals surface area contributed by atoms with Crippen LogP contribution in [0.15, 0.2) is 29.1 Å². The average Bonchev–Trinajstić information content (AvgIpc) is 3.15. The van der Waals surface area contributed by atoms with Crippen molar-refractivity contribution in [2.75, 3.05) is 31.8 Å². The second-order valence-electron chi connectivity index (χ2n) is 5.44. The van der Waals surface area contributed by atoms with Crippen LogP contribution in [-0.2, 0) is 19.1 Å². The minimum atomic E-state index is -0.766. The van der Waals surface area contributed by atoms with Crippen molar-refractivity contribution >= 4 is 28.9 Å². The van der Waals surface area contributed by atoms with Crippen molar-refractivity contribution in [3.05, 3.63) is 29.1 Å². The first-order chi connectivity index (χ1) is 12.1. The zero-order valence-electron chi connectivity index (χ0n) is 13.9. The van der Waals surface area contributed by atoms with Crippen molar-refractivity contribution in [3.8, 4) is 17.0 Å². The molecule has 1 aliphatic heterocycles. The van der Waals surface area contributed by atoms with Crippen LogP contribution in [0.2, 0.25) is 0 Å². The van der Waals surface area contributed by atoms with E-state index in [0.717, 1.165) is 11.3 Å². The van der Waals surface area contributed by atoms with Crippen LogP contribution in [-0.4, -0.2) is 49.8 Å². The second kappa shape index (κ2) is 7.62. The number of carbonyl (C=O) groups is 2. The molecular formula is C17H18N2O5S. The van der Waals surface area contributed by atoms with Crippen LogP contribution in [0.5, 0.6) is 5.75 Å². The van der Waals surface area contributed by atoms with Crippen LogP contribution < -0.4 is 9.64 Å². The summed E-state index contributed by atoms with van der Waals surface area (Å²) in [7, 11) is 1.53. The molecule has 0 spiro atoms. The average molecular weight is 362 g/mol. The summed E-state index contributed by atoms with van der Waals surface area (Å²) in [6.45, 7) is 1.97. The first-order valence-electron chi connectivity index (χ1n) is 7.75. The van der Waals surface area contributed by atoms with Crippen LogP contribution >= 0.6 is 11.3 Å². The number of methoxy groups -OCH3 is 1. The molecule has 25 heavy (non-hydrogen) atoms. The van der Waals surface area contributed by atoms with Gasteiger partial charge in [-0.15, -0.1) is 11.3 Å². The monoisotopic (exact) mass is 362 g/mol. The lowest BCUT2D eigenvalue weighted by atomic mass is 10.1. The summed E-state index contributed by atoms with van der Waals surface area (Å²) in [6.07, 6.45) is 0. The normalized spacial score (nSPS) is 14.6. The summed E-state index contributed by atoms with van der Waals surface area (Å²) in [6, 6.07) is 4.70. The van der Waals surface area contributed by atoms with Gasteiger partial charge in [-0.05, 0) is 25.1 Å². The molecule has 0 saturated carbocycles. The predicted octanol–water partition coefficient (Wildman–Crippen LogP) is 2.11. The third kappa shape index (κ3) is 3.64. The van der Waals surface area contributed by atoms with E-state index in [9.17, 15) is 9.59 Å². The second-order valence-corrected chi connectivity index (χ2v) is 6.16. The summed E-state index contributed by atoms with van der Waals surface area (Å²) < 4.78 is 15.5. The third-order valence-electron chi connectivity index (χ3n) is 3.83. The van der Waals surface area contributed by atoms with Gasteiger partial charge in [-0.3, -0.25) is 9.69 Å². The first-order valence-corrected chi connectivity index (χ1v) is 8.69. The van der Waals surface area contributed by atoms with Gasteiger partial charge < -0.3 is 14.2 Å². The van der Waals surface area contributed by atoms with Crippen LogP contribution in [0.3, 0.4) is 0 Å². The number of carbonyl (C=O) groups excluding carboxylic acids is 2. The van der Waals surface area contributed by atoms with Crippen molar-refractivity contribution in [3.63, 3.8) is 0 Å². The van der Waals surface area contributed by atoms with Crippen LogP contribution in [0, 0.1) is 0 Å². The Hall–Kier alpha value is -2.45. The van der Waals surface area contributed by atoms with Gasteiger partial charge in [0, 0.05) is 18.1 Å². The molecule has 3 rings (SSSR count). The molecule has 7 nitrogen and oxygen atoms in total. The van der Waals surface area contributed by atoms with E-state index in [0.29, 0.717) is 18.0 Å². The lowest BCUT2D eigenvalue weighted by Gasteiger charge is -2.33. The summed E-state index contributed by atoms with van der Waals surface area (Å²) in [5.41, 5.74) is 3.94. The summed E-state index contributed by atoms with van der Waals surface area (Å²) in [4.78, 5) is 30.3. The molecule has 0 bridgehead atoms. The number of thiazole rings is 1. The van der Waals surface area contributed by atoms with Gasteiger partial charge in [0.2, 0.25) is 0 Å². The molecule has 0 fully saturated rings. The van der Waals surface area contributed by atoms with E-state index in [-0.39, 0.29) is 19.1 Å². The molecule has 0 aliphatic carbocycles. The Morgan fingerprint density at radius 2 is 2.28 bits per heavy atom. The van der Waals surface area contributed by atoms with Crippen LogP contribution in [0.4, 0.5) is 5.69 Å². The van der Waals surface area contributed by atoms with Crippen molar-refractivity contribution in [1.29, 1.82) is 0 Å². The van der Waals surface area contributed by atoms with Gasteiger partial charge in [-0.2, -0.15) is 0 Å². The van der Waals surface area contributed by atoms with Crippen molar-refractivity contribution in [2.24, 2.45) is 0 Å². The van der Waals surface area contributed by atoms with E-state index in [1.165, 1.54) is 23.3 Å². The molecule has 132 valence electrons. The fourth-order valence-electron chi connectivity index (χ4n) is 2.56. The Kier molecular flexibility index (Phi) is 5.30. The number of fused-ring (bicyclic) bond motifs is 1. The molecule has 8 heteroatoms. The molecule has 1 aromatic heterocycles. The number of aromatic nitrogens is 1. The maximum atomic E-state index is 12.4. The van der Waals surface area contributed by atoms with E-state index in [4.69, 9.17) is 14.2 Å². The highest BCUT2D eigenvalue weighted by Crippen LogP contribution is 2.37. The zero-order chi connectivity index (χ0) is 17.8. The van der Waals surface area contributed by atoms with Crippen molar-refractivity contribution in [1.82, 2.24) is 4.98 Å². The van der Waals surface area contributed by atoms with E-state index < -0.39 is 12.0 Å². The summed E-state index contributed by atoms with van der Waals surface area (Å²) >= 11 is 1.49. The quantitative estimate of drug-likeness (QED) is 0.579. The number of rotatable bonds is 6. The number of amides is 1. The minimum Gasteiger partial charge on any atom is -0.482 e. The smallest absolute Gasteiger partial charge is 0.329 e. The van der Waals surface area contributed by atoms with Gasteiger partial charge in [0.1, 0.15) is 18.4 Å². The Balaban J connectivity index is 1.89. The fraction of sp³-hybridized carbons (Fsp3) is 0.353. The molecule has 0 saturated heterocycles. The SMILES string of the molecule is COCCOC(=O)C(C)N1C(=O)COc2ccc(-c3cscn3)cc21. The third-order valence-corrected chi connectivity index (χ3v) is 4.41. The number of anilines is 1. The van der Waals surface area contributed by atoms with Gasteiger partial charge in [-0.25, -0.2) is 9.78 Å².